The van der Waals surface area contributed by atoms with E-state index in [2.05, 4.69) is 21.5 Å². The van der Waals surface area contributed by atoms with E-state index in [0.29, 0.717) is 0 Å². The SMILES string of the molecule is Cc1nn(C)cc1CN1CCNCC1c1cccc(F)c1. The molecule has 1 N–H and O–H groups in total. The second-order valence-corrected chi connectivity index (χ2v) is 5.66. The second-order valence-electron chi connectivity index (χ2n) is 5.66. The minimum atomic E-state index is -0.171. The zero-order chi connectivity index (χ0) is 14.8. The molecule has 0 spiro atoms. The predicted molar refractivity (Wildman–Crippen MR) is 80.4 cm³/mol. The number of hydrogen-bond acceptors (Lipinski definition) is 3. The molecule has 1 fully saturated rings. The molecule has 1 aliphatic rings. The van der Waals surface area contributed by atoms with Gasteiger partial charge in [0.2, 0.25) is 0 Å². The van der Waals surface area contributed by atoms with Crippen LogP contribution in [0.5, 0.6) is 0 Å². The molecule has 3 rings (SSSR count). The fourth-order valence-corrected chi connectivity index (χ4v) is 3.00. The maximum Gasteiger partial charge on any atom is 0.123 e. The molecule has 21 heavy (non-hydrogen) atoms. The highest BCUT2D eigenvalue weighted by molar-refractivity contribution is 5.22. The van der Waals surface area contributed by atoms with E-state index in [-0.39, 0.29) is 11.9 Å². The molecule has 1 aliphatic heterocycles. The van der Waals surface area contributed by atoms with Crippen molar-refractivity contribution in [3.63, 3.8) is 0 Å². The minimum absolute atomic E-state index is 0.171. The third-order valence-electron chi connectivity index (χ3n) is 4.08. The van der Waals surface area contributed by atoms with Crippen molar-refractivity contribution >= 4 is 0 Å². The Morgan fingerprint density at radius 3 is 3.00 bits per heavy atom. The largest absolute Gasteiger partial charge is 0.314 e. The third kappa shape index (κ3) is 3.14. The predicted octanol–water partition coefficient (Wildman–Crippen LogP) is 2.01. The van der Waals surface area contributed by atoms with Gasteiger partial charge in [0, 0.05) is 51.0 Å². The molecule has 1 aromatic carbocycles. The van der Waals surface area contributed by atoms with E-state index in [1.165, 1.54) is 11.6 Å². The molecule has 5 heteroatoms. The Morgan fingerprint density at radius 1 is 1.43 bits per heavy atom. The van der Waals surface area contributed by atoms with E-state index in [1.807, 2.05) is 24.7 Å². The number of nitrogens with zero attached hydrogens (tertiary/aromatic N) is 3. The Bertz CT molecular complexity index is 622. The number of aromatic nitrogens is 2. The molecule has 0 amide bonds. The van der Waals surface area contributed by atoms with Gasteiger partial charge in [-0.3, -0.25) is 9.58 Å². The quantitative estimate of drug-likeness (QED) is 0.938. The van der Waals surface area contributed by atoms with Gasteiger partial charge in [0.25, 0.3) is 0 Å². The number of nitrogens with one attached hydrogen (secondary N) is 1. The number of aryl methyl sites for hydroxylation is 2. The summed E-state index contributed by atoms with van der Waals surface area (Å²) < 4.78 is 15.3. The topological polar surface area (TPSA) is 33.1 Å². The molecular weight excluding hydrogens is 267 g/mol. The van der Waals surface area contributed by atoms with Gasteiger partial charge in [0.05, 0.1) is 5.69 Å². The van der Waals surface area contributed by atoms with Gasteiger partial charge < -0.3 is 5.32 Å². The molecule has 4 nitrogen and oxygen atoms in total. The summed E-state index contributed by atoms with van der Waals surface area (Å²) in [5.41, 5.74) is 3.33. The van der Waals surface area contributed by atoms with Crippen LogP contribution in [0, 0.1) is 12.7 Å². The van der Waals surface area contributed by atoms with Crippen molar-refractivity contribution < 1.29 is 4.39 Å². The maximum atomic E-state index is 13.5. The Kier molecular flexibility index (Phi) is 4.03. The van der Waals surface area contributed by atoms with Crippen LogP contribution in [0.3, 0.4) is 0 Å². The summed E-state index contributed by atoms with van der Waals surface area (Å²) in [5, 5.41) is 7.81. The summed E-state index contributed by atoms with van der Waals surface area (Å²) in [6.07, 6.45) is 2.07. The van der Waals surface area contributed by atoms with Crippen LogP contribution >= 0.6 is 0 Å². The van der Waals surface area contributed by atoms with Gasteiger partial charge in [0.1, 0.15) is 5.82 Å². The van der Waals surface area contributed by atoms with Crippen molar-refractivity contribution in [2.24, 2.45) is 7.05 Å². The van der Waals surface area contributed by atoms with Gasteiger partial charge in [-0.2, -0.15) is 5.10 Å². The van der Waals surface area contributed by atoms with Crippen molar-refractivity contribution in [2.75, 3.05) is 19.6 Å². The summed E-state index contributed by atoms with van der Waals surface area (Å²) in [6.45, 7) is 5.65. The normalized spacial score (nSPS) is 19.9. The van der Waals surface area contributed by atoms with Crippen LogP contribution in [-0.2, 0) is 13.6 Å². The number of piperazine rings is 1. The summed E-state index contributed by atoms with van der Waals surface area (Å²) in [5.74, 6) is -0.171. The van der Waals surface area contributed by atoms with E-state index < -0.39 is 0 Å². The molecule has 112 valence electrons. The van der Waals surface area contributed by atoms with Gasteiger partial charge in [0.15, 0.2) is 0 Å². The number of benzene rings is 1. The van der Waals surface area contributed by atoms with E-state index in [1.54, 1.807) is 12.1 Å². The summed E-state index contributed by atoms with van der Waals surface area (Å²) in [4.78, 5) is 2.40. The molecule has 0 aliphatic carbocycles. The molecule has 2 aromatic rings. The van der Waals surface area contributed by atoms with Crippen LogP contribution in [0.4, 0.5) is 4.39 Å². The van der Waals surface area contributed by atoms with E-state index in [0.717, 1.165) is 37.4 Å². The summed E-state index contributed by atoms with van der Waals surface area (Å²) in [6, 6.07) is 7.13. The van der Waals surface area contributed by atoms with E-state index in [4.69, 9.17) is 0 Å². The molecule has 0 bridgehead atoms. The molecule has 0 saturated carbocycles. The van der Waals surface area contributed by atoms with Crippen LogP contribution < -0.4 is 5.32 Å². The summed E-state index contributed by atoms with van der Waals surface area (Å²) in [7, 11) is 1.94. The average molecular weight is 288 g/mol. The van der Waals surface area contributed by atoms with Crippen molar-refractivity contribution in [1.29, 1.82) is 0 Å². The first kappa shape index (κ1) is 14.2. The van der Waals surface area contributed by atoms with Crippen LogP contribution in [0.1, 0.15) is 22.9 Å². The van der Waals surface area contributed by atoms with Crippen LogP contribution in [-0.4, -0.2) is 34.3 Å². The fourth-order valence-electron chi connectivity index (χ4n) is 3.00. The van der Waals surface area contributed by atoms with Gasteiger partial charge in [-0.1, -0.05) is 12.1 Å². The lowest BCUT2D eigenvalue weighted by Gasteiger charge is -2.36. The maximum absolute atomic E-state index is 13.5. The Balaban J connectivity index is 1.83. The number of halogens is 1. The summed E-state index contributed by atoms with van der Waals surface area (Å²) >= 11 is 0. The molecular formula is C16H21FN4. The van der Waals surface area contributed by atoms with Gasteiger partial charge in [-0.15, -0.1) is 0 Å². The highest BCUT2D eigenvalue weighted by Crippen LogP contribution is 2.25. The van der Waals surface area contributed by atoms with Crippen molar-refractivity contribution in [3.8, 4) is 0 Å². The monoisotopic (exact) mass is 288 g/mol. The lowest BCUT2D eigenvalue weighted by Crippen LogP contribution is -2.45. The lowest BCUT2D eigenvalue weighted by atomic mass is 10.0. The van der Waals surface area contributed by atoms with Crippen molar-refractivity contribution in [1.82, 2.24) is 20.0 Å². The smallest absolute Gasteiger partial charge is 0.123 e. The fraction of sp³-hybridized carbons (Fsp3) is 0.438. The second kappa shape index (κ2) is 5.95. The van der Waals surface area contributed by atoms with Crippen molar-refractivity contribution in [2.45, 2.75) is 19.5 Å². The van der Waals surface area contributed by atoms with Crippen LogP contribution in [0.2, 0.25) is 0 Å². The number of hydrogen-bond donors (Lipinski definition) is 1. The lowest BCUT2D eigenvalue weighted by molar-refractivity contribution is 0.153. The van der Waals surface area contributed by atoms with E-state index in [9.17, 15) is 4.39 Å². The standard InChI is InChI=1S/C16H21FN4/c1-12-14(10-20(2)19-12)11-21-7-6-18-9-16(21)13-4-3-5-15(17)8-13/h3-5,8,10,16,18H,6-7,9,11H2,1-2H3. The van der Waals surface area contributed by atoms with Gasteiger partial charge >= 0.3 is 0 Å². The molecule has 2 heterocycles. The van der Waals surface area contributed by atoms with Crippen LogP contribution in [0.15, 0.2) is 30.5 Å². The van der Waals surface area contributed by atoms with Gasteiger partial charge in [-0.05, 0) is 24.6 Å². The van der Waals surface area contributed by atoms with Crippen LogP contribution in [0.25, 0.3) is 0 Å². The number of rotatable bonds is 3. The van der Waals surface area contributed by atoms with E-state index >= 15 is 0 Å². The molecule has 0 radical (unpaired) electrons. The first-order valence-electron chi connectivity index (χ1n) is 7.33. The third-order valence-corrected chi connectivity index (χ3v) is 4.08. The Morgan fingerprint density at radius 2 is 2.29 bits per heavy atom. The van der Waals surface area contributed by atoms with Gasteiger partial charge in [-0.25, -0.2) is 4.39 Å². The minimum Gasteiger partial charge on any atom is -0.314 e. The zero-order valence-corrected chi connectivity index (χ0v) is 12.5. The zero-order valence-electron chi connectivity index (χ0n) is 12.5. The first-order chi connectivity index (χ1) is 10.1. The first-order valence-corrected chi connectivity index (χ1v) is 7.33. The molecule has 1 atom stereocenters. The highest BCUT2D eigenvalue weighted by atomic mass is 19.1. The highest BCUT2D eigenvalue weighted by Gasteiger charge is 2.24. The molecule has 1 unspecified atom stereocenters. The Hall–Kier alpha value is -1.72. The average Bonchev–Trinajstić information content (AvgIpc) is 2.77. The van der Waals surface area contributed by atoms with Crippen molar-refractivity contribution in [3.05, 3.63) is 53.1 Å². The molecule has 1 saturated heterocycles. The Labute approximate surface area is 124 Å². The molecule has 1 aromatic heterocycles.